The van der Waals surface area contributed by atoms with Crippen molar-refractivity contribution in [2.45, 2.75) is 39.9 Å². The standard InChI is InChI=1S/C14H21O3Si/c1-6-11(2)16-17-14(15)12-7-9-13(10-8-12)18(3,4)5/h7-10H,6H2,1-5H3. The van der Waals surface area contributed by atoms with E-state index < -0.39 is 14.0 Å². The Balaban J connectivity index is 2.65. The number of hydrogen-bond acceptors (Lipinski definition) is 3. The molecule has 99 valence electrons. The summed E-state index contributed by atoms with van der Waals surface area (Å²) in [7, 11) is -1.32. The maximum atomic E-state index is 11.7. The lowest BCUT2D eigenvalue weighted by Crippen LogP contribution is -2.37. The van der Waals surface area contributed by atoms with Gasteiger partial charge in [0.05, 0.1) is 13.6 Å². The molecule has 0 aliphatic heterocycles. The largest absolute Gasteiger partial charge is 0.373 e. The van der Waals surface area contributed by atoms with Crippen molar-refractivity contribution in [2.24, 2.45) is 0 Å². The molecule has 18 heavy (non-hydrogen) atoms. The monoisotopic (exact) mass is 265 g/mol. The molecule has 0 N–H and O–H groups in total. The van der Waals surface area contributed by atoms with Gasteiger partial charge < -0.3 is 0 Å². The minimum Gasteiger partial charge on any atom is -0.292 e. The number of hydrogen-bond donors (Lipinski definition) is 0. The van der Waals surface area contributed by atoms with Crippen LogP contribution in [-0.2, 0) is 9.78 Å². The molecule has 0 unspecified atom stereocenters. The molecular weight excluding hydrogens is 244 g/mol. The van der Waals surface area contributed by atoms with E-state index in [0.29, 0.717) is 11.7 Å². The summed E-state index contributed by atoms with van der Waals surface area (Å²) >= 11 is 0. The van der Waals surface area contributed by atoms with Gasteiger partial charge in [0.25, 0.3) is 0 Å². The molecule has 0 aromatic heterocycles. The van der Waals surface area contributed by atoms with Gasteiger partial charge in [-0.1, -0.05) is 43.9 Å². The van der Waals surface area contributed by atoms with Crippen LogP contribution in [0.25, 0.3) is 0 Å². The lowest BCUT2D eigenvalue weighted by Gasteiger charge is -2.16. The van der Waals surface area contributed by atoms with Crippen LogP contribution in [0.3, 0.4) is 0 Å². The van der Waals surface area contributed by atoms with Gasteiger partial charge in [-0.15, -0.1) is 0 Å². The van der Waals surface area contributed by atoms with Crippen molar-refractivity contribution in [3.63, 3.8) is 0 Å². The van der Waals surface area contributed by atoms with Gasteiger partial charge in [-0.3, -0.25) is 4.89 Å². The van der Waals surface area contributed by atoms with E-state index in [-0.39, 0.29) is 0 Å². The summed E-state index contributed by atoms with van der Waals surface area (Å²) in [5.41, 5.74) is 0.515. The van der Waals surface area contributed by atoms with Gasteiger partial charge in [0.15, 0.2) is 0 Å². The van der Waals surface area contributed by atoms with Crippen LogP contribution in [0.5, 0.6) is 0 Å². The fraction of sp³-hybridized carbons (Fsp3) is 0.429. The lowest BCUT2D eigenvalue weighted by atomic mass is 10.2. The van der Waals surface area contributed by atoms with Crippen LogP contribution in [0.15, 0.2) is 24.3 Å². The van der Waals surface area contributed by atoms with Gasteiger partial charge >= 0.3 is 5.97 Å². The van der Waals surface area contributed by atoms with Crippen LogP contribution in [0, 0.1) is 6.10 Å². The Hall–Kier alpha value is -1.13. The van der Waals surface area contributed by atoms with E-state index in [9.17, 15) is 4.79 Å². The van der Waals surface area contributed by atoms with Gasteiger partial charge in [0.1, 0.15) is 6.10 Å². The van der Waals surface area contributed by atoms with Gasteiger partial charge in [-0.2, -0.15) is 4.89 Å². The number of carbonyl (C=O) groups is 1. The molecule has 1 aromatic rings. The smallest absolute Gasteiger partial charge is 0.292 e. The number of rotatable bonds is 5. The Kier molecular flexibility index (Phi) is 5.11. The quantitative estimate of drug-likeness (QED) is 0.465. The number of carbonyl (C=O) groups excluding carboxylic acids is 1. The molecule has 3 nitrogen and oxygen atoms in total. The maximum Gasteiger partial charge on any atom is 0.373 e. The van der Waals surface area contributed by atoms with Crippen LogP contribution < -0.4 is 5.19 Å². The van der Waals surface area contributed by atoms with Crippen LogP contribution in [0.4, 0.5) is 0 Å². The van der Waals surface area contributed by atoms with E-state index >= 15 is 0 Å². The molecule has 0 aliphatic rings. The van der Waals surface area contributed by atoms with Crippen LogP contribution in [0.1, 0.15) is 30.6 Å². The summed E-state index contributed by atoms with van der Waals surface area (Å²) in [6.45, 7) is 10.5. The molecular formula is C14H21O3Si. The molecule has 0 atom stereocenters. The molecule has 0 spiro atoms. The zero-order valence-corrected chi connectivity index (χ0v) is 12.7. The highest BCUT2D eigenvalue weighted by Gasteiger charge is 2.17. The third kappa shape index (κ3) is 4.27. The van der Waals surface area contributed by atoms with Crippen molar-refractivity contribution in [1.29, 1.82) is 0 Å². The Morgan fingerprint density at radius 1 is 1.11 bits per heavy atom. The second-order valence-corrected chi connectivity index (χ2v) is 10.4. The van der Waals surface area contributed by atoms with Crippen molar-refractivity contribution in [1.82, 2.24) is 0 Å². The van der Waals surface area contributed by atoms with Crippen molar-refractivity contribution in [3.05, 3.63) is 35.9 Å². The van der Waals surface area contributed by atoms with E-state index in [2.05, 4.69) is 19.6 Å². The van der Waals surface area contributed by atoms with Crippen molar-refractivity contribution in [3.8, 4) is 0 Å². The van der Waals surface area contributed by atoms with Gasteiger partial charge in [0.2, 0.25) is 0 Å². The molecule has 0 fully saturated rings. The van der Waals surface area contributed by atoms with Crippen molar-refractivity contribution >= 4 is 19.2 Å². The molecule has 1 aromatic carbocycles. The molecule has 1 rings (SSSR count). The van der Waals surface area contributed by atoms with E-state index in [1.54, 1.807) is 19.1 Å². The molecule has 0 amide bonds. The van der Waals surface area contributed by atoms with Crippen molar-refractivity contribution < 1.29 is 14.6 Å². The predicted molar refractivity (Wildman–Crippen MR) is 75.1 cm³/mol. The average Bonchev–Trinajstić information content (AvgIpc) is 2.34. The first-order chi connectivity index (χ1) is 8.34. The van der Waals surface area contributed by atoms with E-state index in [1.165, 1.54) is 5.19 Å². The summed E-state index contributed by atoms with van der Waals surface area (Å²) < 4.78 is 0. The molecule has 0 saturated carbocycles. The first-order valence-electron chi connectivity index (χ1n) is 6.16. The second kappa shape index (κ2) is 6.16. The topological polar surface area (TPSA) is 35.5 Å². The first kappa shape index (κ1) is 14.9. The van der Waals surface area contributed by atoms with Crippen LogP contribution in [0.2, 0.25) is 19.6 Å². The van der Waals surface area contributed by atoms with Crippen LogP contribution >= 0.6 is 0 Å². The molecule has 0 bridgehead atoms. The number of benzene rings is 1. The van der Waals surface area contributed by atoms with Gasteiger partial charge in [0, 0.05) is 0 Å². The minimum atomic E-state index is -1.32. The molecule has 0 heterocycles. The third-order valence-corrected chi connectivity index (χ3v) is 4.81. The first-order valence-corrected chi connectivity index (χ1v) is 9.66. The van der Waals surface area contributed by atoms with E-state index in [4.69, 9.17) is 9.78 Å². The third-order valence-electron chi connectivity index (χ3n) is 2.74. The highest BCUT2D eigenvalue weighted by Crippen LogP contribution is 2.10. The summed E-state index contributed by atoms with van der Waals surface area (Å²) in [6.07, 6.45) is 1.41. The molecule has 0 aliphatic carbocycles. The molecule has 0 saturated heterocycles. The minimum absolute atomic E-state index is 0.454. The highest BCUT2D eigenvalue weighted by atomic mass is 28.3. The summed E-state index contributed by atoms with van der Waals surface area (Å²) in [5.74, 6) is -0.454. The fourth-order valence-electron chi connectivity index (χ4n) is 1.32. The van der Waals surface area contributed by atoms with Crippen molar-refractivity contribution in [2.75, 3.05) is 0 Å². The Morgan fingerprint density at radius 2 is 1.67 bits per heavy atom. The molecule has 4 heteroatoms. The van der Waals surface area contributed by atoms with E-state index in [1.807, 2.05) is 19.1 Å². The Bertz CT molecular complexity index is 392. The normalized spacial score (nSPS) is 11.7. The van der Waals surface area contributed by atoms with E-state index in [0.717, 1.165) is 6.42 Å². The zero-order chi connectivity index (χ0) is 13.8. The predicted octanol–water partition coefficient (Wildman–Crippen LogP) is 3.28. The van der Waals surface area contributed by atoms with Crippen LogP contribution in [-0.4, -0.2) is 14.0 Å². The highest BCUT2D eigenvalue weighted by molar-refractivity contribution is 6.88. The Labute approximate surface area is 110 Å². The lowest BCUT2D eigenvalue weighted by molar-refractivity contribution is -0.232. The SMILES string of the molecule is CC[C](C)OOC(=O)c1ccc([Si](C)(C)C)cc1. The summed E-state index contributed by atoms with van der Waals surface area (Å²) in [5, 5.41) is 1.32. The summed E-state index contributed by atoms with van der Waals surface area (Å²) in [4.78, 5) is 21.3. The fourth-order valence-corrected chi connectivity index (χ4v) is 2.49. The summed E-state index contributed by atoms with van der Waals surface area (Å²) in [6, 6.07) is 7.58. The zero-order valence-electron chi connectivity index (χ0n) is 11.7. The average molecular weight is 265 g/mol. The molecule has 1 radical (unpaired) electrons. The Morgan fingerprint density at radius 3 is 2.11 bits per heavy atom. The van der Waals surface area contributed by atoms with Gasteiger partial charge in [-0.05, 0) is 25.5 Å². The van der Waals surface area contributed by atoms with Gasteiger partial charge in [-0.25, -0.2) is 4.79 Å². The second-order valence-electron chi connectivity index (χ2n) is 5.34. The maximum absolute atomic E-state index is 11.7.